The Morgan fingerprint density at radius 2 is 1.95 bits per heavy atom. The summed E-state index contributed by atoms with van der Waals surface area (Å²) in [6.07, 6.45) is 9.69. The monoisotopic (exact) mass is 280 g/mol. The Bertz CT molecular complexity index is 352. The lowest BCUT2D eigenvalue weighted by Crippen LogP contribution is -2.57. The molecule has 4 heteroatoms. The quantitative estimate of drug-likeness (QED) is 0.768. The average Bonchev–Trinajstić information content (AvgIpc) is 2.74. The van der Waals surface area contributed by atoms with Crippen LogP contribution in [0, 0.1) is 5.92 Å². The van der Waals surface area contributed by atoms with Crippen molar-refractivity contribution in [3.05, 3.63) is 0 Å². The molecule has 114 valence electrons. The van der Waals surface area contributed by atoms with E-state index in [0.29, 0.717) is 5.92 Å². The molecule has 0 bridgehead atoms. The molecule has 3 aliphatic rings. The summed E-state index contributed by atoms with van der Waals surface area (Å²) in [7, 11) is 0. The molecule has 3 fully saturated rings. The average molecular weight is 280 g/mol. The molecule has 2 saturated heterocycles. The first-order valence-electron chi connectivity index (χ1n) is 8.44. The second kappa shape index (κ2) is 6.02. The Hall–Kier alpha value is -0.610. The lowest BCUT2D eigenvalue weighted by atomic mass is 9.71. The van der Waals surface area contributed by atoms with E-state index in [0.717, 1.165) is 58.2 Å². The van der Waals surface area contributed by atoms with Crippen molar-refractivity contribution in [3.8, 4) is 0 Å². The van der Waals surface area contributed by atoms with Crippen LogP contribution in [0.3, 0.4) is 0 Å². The van der Waals surface area contributed by atoms with Gasteiger partial charge in [-0.05, 0) is 38.6 Å². The molecule has 3 rings (SSSR count). The third-order valence-corrected chi connectivity index (χ3v) is 5.60. The first-order chi connectivity index (χ1) is 9.69. The van der Waals surface area contributed by atoms with E-state index in [1.165, 1.54) is 19.3 Å². The molecule has 2 aliphatic heterocycles. The lowest BCUT2D eigenvalue weighted by Gasteiger charge is -2.48. The van der Waals surface area contributed by atoms with Crippen LogP contribution >= 0.6 is 0 Å². The number of carbonyl (C=O) groups excluding carboxylic acids is 1. The Balaban J connectivity index is 1.61. The van der Waals surface area contributed by atoms with E-state index in [9.17, 15) is 9.90 Å². The molecule has 1 aliphatic carbocycles. The van der Waals surface area contributed by atoms with E-state index in [1.807, 2.05) is 4.90 Å². The summed E-state index contributed by atoms with van der Waals surface area (Å²) in [5, 5.41) is 14.1. The molecule has 0 aromatic carbocycles. The molecular weight excluding hydrogens is 252 g/mol. The van der Waals surface area contributed by atoms with Gasteiger partial charge in [0.2, 0.25) is 5.91 Å². The molecule has 2 heterocycles. The Kier molecular flexibility index (Phi) is 4.32. The van der Waals surface area contributed by atoms with E-state index in [4.69, 9.17) is 0 Å². The van der Waals surface area contributed by atoms with Crippen LogP contribution in [0.4, 0.5) is 0 Å². The highest BCUT2D eigenvalue weighted by Gasteiger charge is 2.44. The second-order valence-electron chi connectivity index (χ2n) is 6.94. The van der Waals surface area contributed by atoms with Crippen molar-refractivity contribution >= 4 is 5.91 Å². The number of aliphatic hydroxyl groups is 1. The van der Waals surface area contributed by atoms with Gasteiger partial charge in [0, 0.05) is 19.0 Å². The predicted octanol–water partition coefficient (Wildman–Crippen LogP) is 1.67. The van der Waals surface area contributed by atoms with Crippen molar-refractivity contribution in [2.45, 2.75) is 69.4 Å². The van der Waals surface area contributed by atoms with Gasteiger partial charge >= 0.3 is 0 Å². The number of nitrogens with zero attached hydrogens (tertiary/aromatic N) is 1. The van der Waals surface area contributed by atoms with E-state index < -0.39 is 5.60 Å². The summed E-state index contributed by atoms with van der Waals surface area (Å²) in [5.41, 5.74) is -0.480. The van der Waals surface area contributed by atoms with Gasteiger partial charge in [-0.1, -0.05) is 25.7 Å². The normalized spacial score (nSPS) is 39.0. The second-order valence-corrected chi connectivity index (χ2v) is 6.94. The number of fused-ring (bicyclic) bond motifs is 1. The lowest BCUT2D eigenvalue weighted by molar-refractivity contribution is -0.145. The van der Waals surface area contributed by atoms with Gasteiger partial charge < -0.3 is 15.3 Å². The van der Waals surface area contributed by atoms with Crippen LogP contribution in [0.25, 0.3) is 0 Å². The molecule has 3 unspecified atom stereocenters. The number of amides is 1. The highest BCUT2D eigenvalue weighted by Crippen LogP contribution is 2.39. The summed E-state index contributed by atoms with van der Waals surface area (Å²) in [4.78, 5) is 14.7. The van der Waals surface area contributed by atoms with Crippen LogP contribution < -0.4 is 5.32 Å². The number of rotatable bonds is 1. The highest BCUT2D eigenvalue weighted by atomic mass is 16.3. The van der Waals surface area contributed by atoms with Gasteiger partial charge in [-0.15, -0.1) is 0 Å². The molecule has 1 amide bonds. The Morgan fingerprint density at radius 3 is 2.85 bits per heavy atom. The van der Waals surface area contributed by atoms with Crippen LogP contribution in [-0.2, 0) is 4.79 Å². The van der Waals surface area contributed by atoms with Gasteiger partial charge in [-0.25, -0.2) is 0 Å². The SMILES string of the molecule is O=C(C1CCCCCN1)N1CCC2(O)CCCCC2C1. The molecule has 2 N–H and O–H groups in total. The maximum absolute atomic E-state index is 12.7. The minimum Gasteiger partial charge on any atom is -0.389 e. The molecule has 0 radical (unpaired) electrons. The molecule has 0 aromatic heterocycles. The minimum atomic E-state index is -0.480. The van der Waals surface area contributed by atoms with Gasteiger partial charge in [0.1, 0.15) is 0 Å². The van der Waals surface area contributed by atoms with E-state index in [2.05, 4.69) is 5.32 Å². The molecule has 3 atom stereocenters. The Morgan fingerprint density at radius 1 is 1.10 bits per heavy atom. The van der Waals surface area contributed by atoms with Crippen molar-refractivity contribution in [2.75, 3.05) is 19.6 Å². The van der Waals surface area contributed by atoms with Gasteiger partial charge in [-0.3, -0.25) is 4.79 Å². The van der Waals surface area contributed by atoms with Crippen LogP contribution in [0.5, 0.6) is 0 Å². The van der Waals surface area contributed by atoms with Crippen molar-refractivity contribution < 1.29 is 9.90 Å². The smallest absolute Gasteiger partial charge is 0.239 e. The van der Waals surface area contributed by atoms with Crippen LogP contribution in [0.15, 0.2) is 0 Å². The van der Waals surface area contributed by atoms with Crippen molar-refractivity contribution in [2.24, 2.45) is 5.92 Å². The van der Waals surface area contributed by atoms with Crippen LogP contribution in [0.1, 0.15) is 57.8 Å². The van der Waals surface area contributed by atoms with E-state index >= 15 is 0 Å². The molecule has 0 spiro atoms. The predicted molar refractivity (Wildman–Crippen MR) is 78.4 cm³/mol. The van der Waals surface area contributed by atoms with Gasteiger partial charge in [0.15, 0.2) is 0 Å². The molecular formula is C16H28N2O2. The fraction of sp³-hybridized carbons (Fsp3) is 0.938. The van der Waals surface area contributed by atoms with E-state index in [1.54, 1.807) is 0 Å². The van der Waals surface area contributed by atoms with Gasteiger partial charge in [0.05, 0.1) is 11.6 Å². The zero-order valence-electron chi connectivity index (χ0n) is 12.4. The largest absolute Gasteiger partial charge is 0.389 e. The zero-order chi connectivity index (χ0) is 14.0. The third-order valence-electron chi connectivity index (χ3n) is 5.60. The number of hydrogen-bond donors (Lipinski definition) is 2. The van der Waals surface area contributed by atoms with Gasteiger partial charge in [0.25, 0.3) is 0 Å². The van der Waals surface area contributed by atoms with Crippen LogP contribution in [0.2, 0.25) is 0 Å². The number of hydrogen-bond acceptors (Lipinski definition) is 3. The molecule has 1 saturated carbocycles. The Labute approximate surface area is 121 Å². The number of piperidine rings is 1. The standard InChI is InChI=1S/C16H28N2O2/c19-15(14-7-2-1-5-10-17-14)18-11-9-16(20)8-4-3-6-13(16)12-18/h13-14,17,20H,1-12H2. The fourth-order valence-corrected chi connectivity index (χ4v) is 4.23. The first kappa shape index (κ1) is 14.3. The van der Waals surface area contributed by atoms with Crippen molar-refractivity contribution in [1.29, 1.82) is 0 Å². The molecule has 20 heavy (non-hydrogen) atoms. The number of likely N-dealkylation sites (tertiary alicyclic amines) is 1. The van der Waals surface area contributed by atoms with E-state index in [-0.39, 0.29) is 11.9 Å². The molecule has 4 nitrogen and oxygen atoms in total. The maximum Gasteiger partial charge on any atom is 0.239 e. The fourth-order valence-electron chi connectivity index (χ4n) is 4.23. The summed E-state index contributed by atoms with van der Waals surface area (Å²) >= 11 is 0. The number of nitrogens with one attached hydrogen (secondary N) is 1. The summed E-state index contributed by atoms with van der Waals surface area (Å²) in [6.45, 7) is 2.48. The first-order valence-corrected chi connectivity index (χ1v) is 8.44. The maximum atomic E-state index is 12.7. The van der Waals surface area contributed by atoms with Gasteiger partial charge in [-0.2, -0.15) is 0 Å². The highest BCUT2D eigenvalue weighted by molar-refractivity contribution is 5.82. The van der Waals surface area contributed by atoms with Crippen molar-refractivity contribution in [3.63, 3.8) is 0 Å². The molecule has 0 aromatic rings. The van der Waals surface area contributed by atoms with Crippen LogP contribution in [-0.4, -0.2) is 47.2 Å². The summed E-state index contributed by atoms with van der Waals surface area (Å²) < 4.78 is 0. The summed E-state index contributed by atoms with van der Waals surface area (Å²) in [6, 6.07) is 0.0206. The van der Waals surface area contributed by atoms with Crippen molar-refractivity contribution in [1.82, 2.24) is 10.2 Å². The topological polar surface area (TPSA) is 52.6 Å². The summed E-state index contributed by atoms with van der Waals surface area (Å²) in [5.74, 6) is 0.583. The number of carbonyl (C=O) groups is 1. The minimum absolute atomic E-state index is 0.0206. The third kappa shape index (κ3) is 2.86. The zero-order valence-corrected chi connectivity index (χ0v) is 12.4.